The van der Waals surface area contributed by atoms with Crippen molar-refractivity contribution in [2.24, 2.45) is 0 Å². The summed E-state index contributed by atoms with van der Waals surface area (Å²) in [5, 5.41) is 7.76. The molecule has 0 aliphatic carbocycles. The fourth-order valence-corrected chi connectivity index (χ4v) is 8.27. The van der Waals surface area contributed by atoms with Crippen molar-refractivity contribution < 1.29 is 0 Å². The molecule has 0 saturated heterocycles. The maximum absolute atomic E-state index is 2.69. The first-order chi connectivity index (χ1) is 20.6. The molecule has 0 unspecified atom stereocenters. The molecule has 2 aliphatic heterocycles. The Balaban J connectivity index is 1.77. The van der Waals surface area contributed by atoms with Crippen LogP contribution < -0.4 is 4.90 Å². The summed E-state index contributed by atoms with van der Waals surface area (Å²) in [7, 11) is 0. The van der Waals surface area contributed by atoms with Crippen LogP contribution in [-0.4, -0.2) is 4.57 Å². The number of fused-ring (bicyclic) bond motifs is 9. The Kier molecular flexibility index (Phi) is 5.29. The van der Waals surface area contributed by atoms with Gasteiger partial charge in [-0.1, -0.05) is 119 Å². The Hall–Kier alpha value is -4.30. The predicted molar refractivity (Wildman–Crippen MR) is 186 cm³/mol. The van der Waals surface area contributed by atoms with Crippen LogP contribution in [0, 0.1) is 20.8 Å². The fourth-order valence-electron chi connectivity index (χ4n) is 8.27. The van der Waals surface area contributed by atoms with E-state index in [4.69, 9.17) is 0 Å². The van der Waals surface area contributed by atoms with Crippen LogP contribution in [0.15, 0.2) is 91.0 Å². The van der Waals surface area contributed by atoms with Gasteiger partial charge in [0.2, 0.25) is 0 Å². The molecule has 0 fully saturated rings. The van der Waals surface area contributed by atoms with Crippen LogP contribution in [0.4, 0.5) is 11.4 Å². The Morgan fingerprint density at radius 2 is 1.00 bits per heavy atom. The number of para-hydroxylation sites is 1. The highest BCUT2D eigenvalue weighted by Gasteiger charge is 2.49. The minimum absolute atomic E-state index is 0.0783. The summed E-state index contributed by atoms with van der Waals surface area (Å²) < 4.78 is 2.69. The third-order valence-corrected chi connectivity index (χ3v) is 11.4. The van der Waals surface area contributed by atoms with E-state index < -0.39 is 0 Å². The summed E-state index contributed by atoms with van der Waals surface area (Å²) in [6.07, 6.45) is 0.0797. The smallest absolute Gasteiger partial charge is 0.108 e. The molecule has 3 heterocycles. The molecule has 0 radical (unpaired) electrons. The average molecular weight is 561 g/mol. The van der Waals surface area contributed by atoms with Gasteiger partial charge < -0.3 is 9.47 Å². The van der Waals surface area contributed by atoms with Gasteiger partial charge in [0.15, 0.2) is 0 Å². The van der Waals surface area contributed by atoms with Gasteiger partial charge in [0.25, 0.3) is 0 Å². The lowest BCUT2D eigenvalue weighted by molar-refractivity contribution is 0.307. The van der Waals surface area contributed by atoms with Gasteiger partial charge in [0.1, 0.15) is 6.17 Å². The first-order valence-electron chi connectivity index (χ1n) is 15.7. The lowest BCUT2D eigenvalue weighted by Crippen LogP contribution is -2.39. The van der Waals surface area contributed by atoms with Crippen molar-refractivity contribution in [3.05, 3.63) is 119 Å². The number of nitrogens with zero attached hydrogens (tertiary/aromatic N) is 2. The van der Waals surface area contributed by atoms with Crippen molar-refractivity contribution in [2.75, 3.05) is 4.90 Å². The van der Waals surface area contributed by atoms with Crippen molar-refractivity contribution in [3.8, 4) is 0 Å². The first-order valence-corrected chi connectivity index (χ1v) is 15.7. The topological polar surface area (TPSA) is 8.17 Å². The number of rotatable bonds is 0. The number of anilines is 2. The molecular formula is C41H40N2. The van der Waals surface area contributed by atoms with Gasteiger partial charge in [-0.25, -0.2) is 0 Å². The largest absolute Gasteiger partial charge is 0.318 e. The van der Waals surface area contributed by atoms with Gasteiger partial charge in [-0.2, -0.15) is 0 Å². The molecule has 2 aliphatic rings. The monoisotopic (exact) mass is 560 g/mol. The summed E-state index contributed by atoms with van der Waals surface area (Å²) in [5.41, 5.74) is 12.0. The van der Waals surface area contributed by atoms with E-state index in [0.29, 0.717) is 0 Å². The van der Waals surface area contributed by atoms with Crippen molar-refractivity contribution in [3.63, 3.8) is 0 Å². The Labute approximate surface area is 254 Å². The minimum Gasteiger partial charge on any atom is -0.318 e. The summed E-state index contributed by atoms with van der Waals surface area (Å²) >= 11 is 0. The molecule has 43 heavy (non-hydrogen) atoms. The standard InChI is InChI=1S/C41H40N2/c1-24-20-21-32-30-17-11-9-15-28(30)29-16-10-12-18-31(29)33-22-23-35-39-38(33)43(37(32)26(24)3)27(4)42(39)36-25(2)14-13-19-34(36)40(5,6)41(35,7)8/h9-23,27H,1-8H3/t27-/m1/s1. The summed E-state index contributed by atoms with van der Waals surface area (Å²) in [6, 6.07) is 34.5. The van der Waals surface area contributed by atoms with E-state index in [1.54, 1.807) is 0 Å². The number of aromatic nitrogens is 1. The van der Waals surface area contributed by atoms with Crippen LogP contribution in [0.2, 0.25) is 0 Å². The third-order valence-electron chi connectivity index (χ3n) is 11.4. The normalized spacial score (nSPS) is 17.9. The second-order valence-electron chi connectivity index (χ2n) is 13.9. The van der Waals surface area contributed by atoms with E-state index in [9.17, 15) is 0 Å². The molecule has 5 aromatic carbocycles. The fraction of sp³-hybridized carbons (Fsp3) is 0.268. The highest BCUT2D eigenvalue weighted by atomic mass is 15.4. The lowest BCUT2D eigenvalue weighted by atomic mass is 9.61. The predicted octanol–water partition coefficient (Wildman–Crippen LogP) is 11.4. The van der Waals surface area contributed by atoms with Gasteiger partial charge >= 0.3 is 0 Å². The molecule has 0 saturated carbocycles. The van der Waals surface area contributed by atoms with E-state index in [0.717, 1.165) is 0 Å². The molecule has 0 bridgehead atoms. The number of hydrogen-bond donors (Lipinski definition) is 0. The molecule has 1 atom stereocenters. The molecular weight excluding hydrogens is 520 g/mol. The number of hydrogen-bond acceptors (Lipinski definition) is 1. The Morgan fingerprint density at radius 3 is 1.60 bits per heavy atom. The first kappa shape index (κ1) is 26.3. The van der Waals surface area contributed by atoms with Crippen molar-refractivity contribution >= 4 is 54.7 Å². The van der Waals surface area contributed by atoms with Gasteiger partial charge in [-0.05, 0) is 77.1 Å². The summed E-state index contributed by atoms with van der Waals surface area (Å²) in [4.78, 5) is 2.69. The van der Waals surface area contributed by atoms with Crippen LogP contribution in [0.25, 0.3) is 43.4 Å². The quantitative estimate of drug-likeness (QED) is 0.179. The number of aryl methyl sites for hydroxylation is 3. The van der Waals surface area contributed by atoms with Gasteiger partial charge in [-0.3, -0.25) is 0 Å². The average Bonchev–Trinajstić information content (AvgIpc) is 3.28. The third kappa shape index (κ3) is 3.19. The van der Waals surface area contributed by atoms with Crippen LogP contribution in [-0.2, 0) is 10.8 Å². The SMILES string of the molecule is Cc1cccc2c1N1c3c(ccc4c5ccccc5c5ccccc5c5ccc(C)c(C)c5n(c34)[C@@H]1C)C(C)(C)C2(C)C. The van der Waals surface area contributed by atoms with Crippen LogP contribution in [0.1, 0.15) is 68.6 Å². The zero-order chi connectivity index (χ0) is 30.0. The highest BCUT2D eigenvalue weighted by Crippen LogP contribution is 2.60. The van der Waals surface area contributed by atoms with Crippen molar-refractivity contribution in [1.29, 1.82) is 0 Å². The minimum atomic E-state index is -0.115. The molecule has 6 aromatic rings. The maximum atomic E-state index is 2.69. The van der Waals surface area contributed by atoms with E-state index in [1.165, 1.54) is 82.5 Å². The van der Waals surface area contributed by atoms with E-state index >= 15 is 0 Å². The highest BCUT2D eigenvalue weighted by molar-refractivity contribution is 6.21. The van der Waals surface area contributed by atoms with E-state index in [2.05, 4.69) is 156 Å². The molecule has 0 N–H and O–H groups in total. The van der Waals surface area contributed by atoms with E-state index in [-0.39, 0.29) is 17.0 Å². The molecule has 1 aromatic heterocycles. The van der Waals surface area contributed by atoms with Crippen LogP contribution in [0.5, 0.6) is 0 Å². The molecule has 2 nitrogen and oxygen atoms in total. The second kappa shape index (κ2) is 8.63. The maximum Gasteiger partial charge on any atom is 0.108 e. The van der Waals surface area contributed by atoms with Crippen LogP contribution in [0.3, 0.4) is 0 Å². The van der Waals surface area contributed by atoms with Crippen molar-refractivity contribution in [2.45, 2.75) is 72.4 Å². The molecule has 214 valence electrons. The van der Waals surface area contributed by atoms with Crippen LogP contribution >= 0.6 is 0 Å². The Morgan fingerprint density at radius 1 is 0.488 bits per heavy atom. The molecule has 2 heteroatoms. The van der Waals surface area contributed by atoms with E-state index in [1.807, 2.05) is 0 Å². The number of benzene rings is 5. The Bertz CT molecular complexity index is 2240. The van der Waals surface area contributed by atoms with Gasteiger partial charge in [0.05, 0.1) is 16.7 Å². The molecule has 0 spiro atoms. The zero-order valence-corrected chi connectivity index (χ0v) is 26.6. The van der Waals surface area contributed by atoms with Gasteiger partial charge in [0, 0.05) is 27.3 Å². The lowest BCUT2D eigenvalue weighted by Gasteiger charge is -2.42. The second-order valence-corrected chi connectivity index (χ2v) is 13.9. The summed E-state index contributed by atoms with van der Waals surface area (Å²) in [6.45, 7) is 19.1. The van der Waals surface area contributed by atoms with Gasteiger partial charge in [-0.15, -0.1) is 0 Å². The molecule has 0 amide bonds. The zero-order valence-electron chi connectivity index (χ0n) is 26.6. The molecule has 8 rings (SSSR count). The summed E-state index contributed by atoms with van der Waals surface area (Å²) in [5.74, 6) is 0. The van der Waals surface area contributed by atoms with Crippen molar-refractivity contribution in [1.82, 2.24) is 4.57 Å².